The molecular formula is C41H58O4. The van der Waals surface area contributed by atoms with Gasteiger partial charge in [0.25, 0.3) is 0 Å². The Bertz CT molecular complexity index is 1170. The maximum atomic E-state index is 12.8. The van der Waals surface area contributed by atoms with Crippen molar-refractivity contribution >= 4 is 5.97 Å². The summed E-state index contributed by atoms with van der Waals surface area (Å²) in [5.74, 6) is 1.07. The molecule has 1 unspecified atom stereocenters. The van der Waals surface area contributed by atoms with E-state index in [1.165, 1.54) is 89.9 Å². The van der Waals surface area contributed by atoms with Crippen LogP contribution in [0.15, 0.2) is 72.8 Å². The van der Waals surface area contributed by atoms with Crippen LogP contribution in [0.2, 0.25) is 0 Å². The number of hydrogen-bond donors (Lipinski definition) is 0. The number of ether oxygens (including phenoxy) is 3. The molecule has 0 bridgehead atoms. The Morgan fingerprint density at radius 1 is 0.533 bits per heavy atom. The summed E-state index contributed by atoms with van der Waals surface area (Å²) in [7, 11) is 0. The van der Waals surface area contributed by atoms with Crippen molar-refractivity contribution in [3.8, 4) is 22.6 Å². The van der Waals surface area contributed by atoms with E-state index in [-0.39, 0.29) is 12.1 Å². The number of carbonyl (C=O) groups excluding carboxylic acids is 1. The van der Waals surface area contributed by atoms with Gasteiger partial charge in [0.05, 0.1) is 18.3 Å². The monoisotopic (exact) mass is 614 g/mol. The molecule has 0 amide bonds. The maximum Gasteiger partial charge on any atom is 0.343 e. The fourth-order valence-electron chi connectivity index (χ4n) is 5.53. The van der Waals surface area contributed by atoms with E-state index in [1.807, 2.05) is 60.7 Å². The van der Waals surface area contributed by atoms with Gasteiger partial charge in [-0.3, -0.25) is 0 Å². The lowest BCUT2D eigenvalue weighted by Gasteiger charge is -2.14. The van der Waals surface area contributed by atoms with Gasteiger partial charge < -0.3 is 14.2 Å². The SMILES string of the molecule is CCCCCCCCCCCCOC(C)c1ccc(OC(=O)c2ccc(-c3ccc(OCCCCCCCC)cc3)cc2)cc1. The Kier molecular flexibility index (Phi) is 18.1. The summed E-state index contributed by atoms with van der Waals surface area (Å²) in [5, 5.41) is 0. The van der Waals surface area contributed by atoms with Gasteiger partial charge in [0.15, 0.2) is 0 Å². The van der Waals surface area contributed by atoms with Gasteiger partial charge >= 0.3 is 5.97 Å². The van der Waals surface area contributed by atoms with Crippen LogP contribution in [-0.2, 0) is 4.74 Å². The van der Waals surface area contributed by atoms with Crippen molar-refractivity contribution in [2.75, 3.05) is 13.2 Å². The summed E-state index contributed by atoms with van der Waals surface area (Å²) in [6.07, 6.45) is 20.8. The molecule has 0 aliphatic heterocycles. The minimum absolute atomic E-state index is 0.0156. The van der Waals surface area contributed by atoms with Crippen LogP contribution in [0.3, 0.4) is 0 Å². The molecule has 0 aliphatic rings. The first-order chi connectivity index (χ1) is 22.1. The number of hydrogen-bond acceptors (Lipinski definition) is 4. The quantitative estimate of drug-likeness (QED) is 0.0572. The van der Waals surface area contributed by atoms with E-state index in [9.17, 15) is 4.79 Å². The fraction of sp³-hybridized carbons (Fsp3) is 0.537. The summed E-state index contributed by atoms with van der Waals surface area (Å²) in [5.41, 5.74) is 3.74. The lowest BCUT2D eigenvalue weighted by atomic mass is 10.0. The highest BCUT2D eigenvalue weighted by molar-refractivity contribution is 5.91. The number of benzene rings is 3. The zero-order valence-corrected chi connectivity index (χ0v) is 28.4. The predicted molar refractivity (Wildman–Crippen MR) is 188 cm³/mol. The van der Waals surface area contributed by atoms with Crippen molar-refractivity contribution in [1.29, 1.82) is 0 Å². The summed E-state index contributed by atoms with van der Waals surface area (Å²) < 4.78 is 17.6. The van der Waals surface area contributed by atoms with Crippen molar-refractivity contribution in [2.24, 2.45) is 0 Å². The maximum absolute atomic E-state index is 12.8. The fourth-order valence-corrected chi connectivity index (χ4v) is 5.53. The van der Waals surface area contributed by atoms with E-state index >= 15 is 0 Å². The predicted octanol–water partition coefficient (Wildman–Crippen LogP) is 12.3. The van der Waals surface area contributed by atoms with Crippen molar-refractivity contribution in [2.45, 2.75) is 130 Å². The van der Waals surface area contributed by atoms with E-state index < -0.39 is 0 Å². The van der Waals surface area contributed by atoms with Gasteiger partial charge in [-0.15, -0.1) is 0 Å². The van der Waals surface area contributed by atoms with Crippen molar-refractivity contribution in [1.82, 2.24) is 0 Å². The standard InChI is InChI=1S/C41H58O4/c1-4-6-8-10-12-13-14-15-17-18-32-43-34(3)35-24-30-40(31-25-35)45-41(42)38-22-20-36(21-23-38)37-26-28-39(29-27-37)44-33-19-16-11-9-7-5-2/h20-31,34H,4-19,32-33H2,1-3H3. The third kappa shape index (κ3) is 14.7. The lowest BCUT2D eigenvalue weighted by Crippen LogP contribution is -2.08. The van der Waals surface area contributed by atoms with Gasteiger partial charge in [-0.25, -0.2) is 4.79 Å². The van der Waals surface area contributed by atoms with Crippen LogP contribution in [0, 0.1) is 0 Å². The average Bonchev–Trinajstić information content (AvgIpc) is 3.07. The molecule has 0 spiro atoms. The Hall–Kier alpha value is -3.11. The number of esters is 1. The van der Waals surface area contributed by atoms with E-state index in [0.29, 0.717) is 11.3 Å². The molecule has 4 nitrogen and oxygen atoms in total. The summed E-state index contributed by atoms with van der Waals surface area (Å²) in [6, 6.07) is 23.4. The molecule has 0 aliphatic carbocycles. The molecule has 0 heterocycles. The molecule has 0 radical (unpaired) electrons. The zero-order chi connectivity index (χ0) is 32.0. The summed E-state index contributed by atoms with van der Waals surface area (Å²) in [6.45, 7) is 8.13. The van der Waals surface area contributed by atoms with Crippen molar-refractivity contribution in [3.05, 3.63) is 83.9 Å². The first-order valence-corrected chi connectivity index (χ1v) is 17.9. The molecule has 45 heavy (non-hydrogen) atoms. The van der Waals surface area contributed by atoms with Crippen molar-refractivity contribution in [3.63, 3.8) is 0 Å². The molecule has 3 aromatic rings. The van der Waals surface area contributed by atoms with Gasteiger partial charge in [-0.05, 0) is 72.9 Å². The van der Waals surface area contributed by atoms with Crippen LogP contribution in [0.4, 0.5) is 0 Å². The molecular weight excluding hydrogens is 556 g/mol. The lowest BCUT2D eigenvalue weighted by molar-refractivity contribution is 0.0627. The second-order valence-electron chi connectivity index (χ2n) is 12.4. The van der Waals surface area contributed by atoms with Crippen LogP contribution in [0.25, 0.3) is 11.1 Å². The van der Waals surface area contributed by atoms with E-state index in [2.05, 4.69) is 32.9 Å². The molecule has 0 N–H and O–H groups in total. The van der Waals surface area contributed by atoms with Gasteiger partial charge in [-0.1, -0.05) is 140 Å². The number of unbranched alkanes of at least 4 members (excludes halogenated alkanes) is 14. The van der Waals surface area contributed by atoms with Gasteiger partial charge in [0.1, 0.15) is 11.5 Å². The van der Waals surface area contributed by atoms with Gasteiger partial charge in [-0.2, -0.15) is 0 Å². The minimum Gasteiger partial charge on any atom is -0.494 e. The normalized spacial score (nSPS) is 11.8. The minimum atomic E-state index is -0.363. The first-order valence-electron chi connectivity index (χ1n) is 17.9. The third-order valence-electron chi connectivity index (χ3n) is 8.50. The van der Waals surface area contributed by atoms with Gasteiger partial charge in [0.2, 0.25) is 0 Å². The zero-order valence-electron chi connectivity index (χ0n) is 28.4. The van der Waals surface area contributed by atoms with Crippen LogP contribution < -0.4 is 9.47 Å². The third-order valence-corrected chi connectivity index (χ3v) is 8.50. The Balaban J connectivity index is 1.33. The first kappa shape index (κ1) is 36.4. The van der Waals surface area contributed by atoms with Gasteiger partial charge in [0, 0.05) is 6.61 Å². The second kappa shape index (κ2) is 22.4. The molecule has 0 fully saturated rings. The highest BCUT2D eigenvalue weighted by atomic mass is 16.5. The van der Waals surface area contributed by atoms with Crippen molar-refractivity contribution < 1.29 is 19.0 Å². The Morgan fingerprint density at radius 2 is 0.978 bits per heavy atom. The number of rotatable bonds is 24. The average molecular weight is 615 g/mol. The van der Waals surface area contributed by atoms with Crippen LogP contribution >= 0.6 is 0 Å². The molecule has 0 aromatic heterocycles. The van der Waals surface area contributed by atoms with E-state index in [1.54, 1.807) is 0 Å². The van der Waals surface area contributed by atoms with E-state index in [0.717, 1.165) is 48.5 Å². The highest BCUT2D eigenvalue weighted by Gasteiger charge is 2.11. The summed E-state index contributed by atoms with van der Waals surface area (Å²) >= 11 is 0. The molecule has 0 saturated heterocycles. The van der Waals surface area contributed by atoms with Crippen LogP contribution in [0.5, 0.6) is 11.5 Å². The molecule has 3 aromatic carbocycles. The second-order valence-corrected chi connectivity index (χ2v) is 12.4. The summed E-state index contributed by atoms with van der Waals surface area (Å²) in [4.78, 5) is 12.8. The van der Waals surface area contributed by atoms with E-state index in [4.69, 9.17) is 14.2 Å². The number of carbonyl (C=O) groups is 1. The molecule has 4 heteroatoms. The topological polar surface area (TPSA) is 44.8 Å². The van der Waals surface area contributed by atoms with Crippen LogP contribution in [0.1, 0.15) is 146 Å². The largest absolute Gasteiger partial charge is 0.494 e. The van der Waals surface area contributed by atoms with Crippen LogP contribution in [-0.4, -0.2) is 19.2 Å². The smallest absolute Gasteiger partial charge is 0.343 e. The highest BCUT2D eigenvalue weighted by Crippen LogP contribution is 2.25. The molecule has 246 valence electrons. The Morgan fingerprint density at radius 3 is 1.51 bits per heavy atom. The molecule has 3 rings (SSSR count). The molecule has 0 saturated carbocycles. The molecule has 1 atom stereocenters. The Labute approximate surface area is 273 Å².